The van der Waals surface area contributed by atoms with E-state index in [2.05, 4.69) is 37.5 Å². The lowest BCUT2D eigenvalue weighted by atomic mass is 10.1. The van der Waals surface area contributed by atoms with Gasteiger partial charge in [-0.05, 0) is 43.9 Å². The van der Waals surface area contributed by atoms with Gasteiger partial charge < -0.3 is 10.2 Å². The number of anilines is 1. The Morgan fingerprint density at radius 3 is 2.77 bits per heavy atom. The average Bonchev–Trinajstić information content (AvgIpc) is 2.94. The molecule has 0 unspecified atom stereocenters. The van der Waals surface area contributed by atoms with Crippen molar-refractivity contribution in [1.29, 1.82) is 0 Å². The predicted octanol–water partition coefficient (Wildman–Crippen LogP) is 2.82. The van der Waals surface area contributed by atoms with Crippen LogP contribution in [0.4, 0.5) is 5.82 Å². The molecule has 22 heavy (non-hydrogen) atoms. The van der Waals surface area contributed by atoms with Crippen molar-refractivity contribution < 1.29 is 0 Å². The molecule has 6 heteroatoms. The second kappa shape index (κ2) is 8.15. The van der Waals surface area contributed by atoms with Crippen LogP contribution < -0.4 is 10.2 Å². The summed E-state index contributed by atoms with van der Waals surface area (Å²) in [5.74, 6) is 1.12. The molecule has 2 N–H and O–H groups in total. The van der Waals surface area contributed by atoms with Crippen LogP contribution in [0.5, 0.6) is 0 Å². The number of H-pyrrole nitrogens is 1. The summed E-state index contributed by atoms with van der Waals surface area (Å²) >= 11 is 0. The molecule has 120 valence electrons. The number of piperidine rings is 1. The Bertz CT molecular complexity index is 577. The zero-order chi connectivity index (χ0) is 14.5. The Balaban J connectivity index is 0.00000176. The van der Waals surface area contributed by atoms with E-state index in [0.717, 1.165) is 37.7 Å². The van der Waals surface area contributed by atoms with E-state index in [0.29, 0.717) is 0 Å². The molecular weight excluding hydrogens is 298 g/mol. The summed E-state index contributed by atoms with van der Waals surface area (Å²) < 4.78 is 0. The lowest BCUT2D eigenvalue weighted by Crippen LogP contribution is -2.30. The number of pyridine rings is 1. The maximum atomic E-state index is 4.52. The van der Waals surface area contributed by atoms with Gasteiger partial charge in [-0.2, -0.15) is 5.10 Å². The summed E-state index contributed by atoms with van der Waals surface area (Å²) in [6.45, 7) is 6.01. The SMILES string of the molecule is Cc1[nH]ncc1CNCc1ccnc(N2CCCCC2)c1.Cl. The van der Waals surface area contributed by atoms with Crippen LogP contribution >= 0.6 is 12.4 Å². The van der Waals surface area contributed by atoms with Gasteiger partial charge in [-0.3, -0.25) is 5.10 Å². The fourth-order valence-corrected chi connectivity index (χ4v) is 2.76. The van der Waals surface area contributed by atoms with E-state index in [1.807, 2.05) is 19.3 Å². The minimum atomic E-state index is 0. The van der Waals surface area contributed by atoms with Crippen LogP contribution in [0.25, 0.3) is 0 Å². The van der Waals surface area contributed by atoms with E-state index in [1.54, 1.807) is 0 Å². The van der Waals surface area contributed by atoms with Gasteiger partial charge in [0.25, 0.3) is 0 Å². The van der Waals surface area contributed by atoms with Crippen molar-refractivity contribution in [3.8, 4) is 0 Å². The van der Waals surface area contributed by atoms with Crippen LogP contribution in [0.2, 0.25) is 0 Å². The zero-order valence-electron chi connectivity index (χ0n) is 13.0. The average molecular weight is 322 g/mol. The molecule has 0 spiro atoms. The first kappa shape index (κ1) is 16.8. The first-order valence-corrected chi connectivity index (χ1v) is 7.72. The summed E-state index contributed by atoms with van der Waals surface area (Å²) in [5, 5.41) is 10.5. The summed E-state index contributed by atoms with van der Waals surface area (Å²) in [4.78, 5) is 6.91. The zero-order valence-corrected chi connectivity index (χ0v) is 13.8. The molecule has 5 nitrogen and oxygen atoms in total. The number of hydrogen-bond acceptors (Lipinski definition) is 4. The lowest BCUT2D eigenvalue weighted by molar-refractivity contribution is 0.573. The van der Waals surface area contributed by atoms with E-state index in [-0.39, 0.29) is 12.4 Å². The van der Waals surface area contributed by atoms with Gasteiger partial charge in [0, 0.05) is 43.6 Å². The summed E-state index contributed by atoms with van der Waals surface area (Å²) in [6.07, 6.45) is 7.72. The fourth-order valence-electron chi connectivity index (χ4n) is 2.76. The quantitative estimate of drug-likeness (QED) is 0.889. The molecule has 0 saturated carbocycles. The Labute approximate surface area is 137 Å². The fraction of sp³-hybridized carbons (Fsp3) is 0.500. The van der Waals surface area contributed by atoms with Crippen LogP contribution in [-0.2, 0) is 13.1 Å². The van der Waals surface area contributed by atoms with Crippen LogP contribution in [0.3, 0.4) is 0 Å². The number of halogens is 1. The third-order valence-electron chi connectivity index (χ3n) is 4.07. The maximum Gasteiger partial charge on any atom is 0.128 e. The molecule has 0 amide bonds. The smallest absolute Gasteiger partial charge is 0.128 e. The highest BCUT2D eigenvalue weighted by Gasteiger charge is 2.12. The second-order valence-electron chi connectivity index (χ2n) is 5.69. The van der Waals surface area contributed by atoms with Gasteiger partial charge in [-0.15, -0.1) is 12.4 Å². The Kier molecular flexibility index (Phi) is 6.21. The van der Waals surface area contributed by atoms with Gasteiger partial charge in [0.1, 0.15) is 5.82 Å². The van der Waals surface area contributed by atoms with Crippen LogP contribution in [-0.4, -0.2) is 28.3 Å². The largest absolute Gasteiger partial charge is 0.357 e. The summed E-state index contributed by atoms with van der Waals surface area (Å²) in [6, 6.07) is 4.29. The van der Waals surface area contributed by atoms with Gasteiger partial charge in [0.05, 0.1) is 6.20 Å². The van der Waals surface area contributed by atoms with E-state index in [9.17, 15) is 0 Å². The highest BCUT2D eigenvalue weighted by molar-refractivity contribution is 5.85. The van der Waals surface area contributed by atoms with Gasteiger partial charge in [-0.25, -0.2) is 4.98 Å². The van der Waals surface area contributed by atoms with E-state index in [4.69, 9.17) is 0 Å². The number of aromatic nitrogens is 3. The van der Waals surface area contributed by atoms with E-state index in [1.165, 1.54) is 30.4 Å². The molecule has 1 aliphatic rings. The van der Waals surface area contributed by atoms with Gasteiger partial charge in [0.15, 0.2) is 0 Å². The van der Waals surface area contributed by atoms with Crippen LogP contribution in [0, 0.1) is 6.92 Å². The molecule has 0 atom stereocenters. The maximum absolute atomic E-state index is 4.52. The van der Waals surface area contributed by atoms with Crippen molar-refractivity contribution >= 4 is 18.2 Å². The molecule has 1 fully saturated rings. The van der Waals surface area contributed by atoms with Crippen molar-refractivity contribution in [3.63, 3.8) is 0 Å². The van der Waals surface area contributed by atoms with E-state index >= 15 is 0 Å². The van der Waals surface area contributed by atoms with Crippen LogP contribution in [0.1, 0.15) is 36.1 Å². The molecule has 3 heterocycles. The molecule has 0 radical (unpaired) electrons. The summed E-state index contributed by atoms with van der Waals surface area (Å²) in [7, 11) is 0. The normalized spacial score (nSPS) is 14.7. The predicted molar refractivity (Wildman–Crippen MR) is 91.4 cm³/mol. The molecule has 2 aromatic heterocycles. The minimum Gasteiger partial charge on any atom is -0.357 e. The Morgan fingerprint density at radius 2 is 2.05 bits per heavy atom. The van der Waals surface area contributed by atoms with Gasteiger partial charge in [-0.1, -0.05) is 0 Å². The highest BCUT2D eigenvalue weighted by atomic mass is 35.5. The first-order valence-electron chi connectivity index (χ1n) is 7.72. The number of hydrogen-bond donors (Lipinski definition) is 2. The monoisotopic (exact) mass is 321 g/mol. The minimum absolute atomic E-state index is 0. The highest BCUT2D eigenvalue weighted by Crippen LogP contribution is 2.18. The molecule has 1 aliphatic heterocycles. The third-order valence-corrected chi connectivity index (χ3v) is 4.07. The van der Waals surface area contributed by atoms with Gasteiger partial charge in [0.2, 0.25) is 0 Å². The molecule has 1 saturated heterocycles. The van der Waals surface area contributed by atoms with E-state index < -0.39 is 0 Å². The number of nitrogens with zero attached hydrogens (tertiary/aromatic N) is 3. The Morgan fingerprint density at radius 1 is 1.23 bits per heavy atom. The van der Waals surface area contributed by atoms with Crippen molar-refractivity contribution in [2.75, 3.05) is 18.0 Å². The molecular formula is C16H24ClN5. The molecule has 2 aromatic rings. The van der Waals surface area contributed by atoms with Gasteiger partial charge >= 0.3 is 0 Å². The van der Waals surface area contributed by atoms with Crippen molar-refractivity contribution in [2.45, 2.75) is 39.3 Å². The number of nitrogens with one attached hydrogen (secondary N) is 2. The van der Waals surface area contributed by atoms with Crippen molar-refractivity contribution in [1.82, 2.24) is 20.5 Å². The standard InChI is InChI=1S/C16H23N5.ClH/c1-13-15(12-19-20-13)11-17-10-14-5-6-18-16(9-14)21-7-3-2-4-8-21;/h5-6,9,12,17H,2-4,7-8,10-11H2,1H3,(H,19,20);1H. The molecule has 3 rings (SSSR count). The third kappa shape index (κ3) is 4.21. The summed E-state index contributed by atoms with van der Waals surface area (Å²) in [5.41, 5.74) is 3.64. The molecule has 0 bridgehead atoms. The lowest BCUT2D eigenvalue weighted by Gasteiger charge is -2.27. The number of aromatic amines is 1. The first-order chi connectivity index (χ1) is 10.3. The molecule has 0 aromatic carbocycles. The van der Waals surface area contributed by atoms with Crippen LogP contribution in [0.15, 0.2) is 24.5 Å². The molecule has 0 aliphatic carbocycles. The Hall–Kier alpha value is -1.59. The number of aryl methyl sites for hydroxylation is 1. The van der Waals surface area contributed by atoms with Crippen molar-refractivity contribution in [3.05, 3.63) is 41.3 Å². The number of rotatable bonds is 5. The topological polar surface area (TPSA) is 56.8 Å². The van der Waals surface area contributed by atoms with Crippen molar-refractivity contribution in [2.24, 2.45) is 0 Å². The second-order valence-corrected chi connectivity index (χ2v) is 5.69.